The first-order chi connectivity index (χ1) is 8.60. The summed E-state index contributed by atoms with van der Waals surface area (Å²) in [6.45, 7) is 0. The van der Waals surface area contributed by atoms with Crippen LogP contribution < -0.4 is 5.32 Å². The Balaban J connectivity index is 0.00000324. The fourth-order valence-electron chi connectivity index (χ4n) is 1.71. The van der Waals surface area contributed by atoms with Crippen LogP contribution in [-0.4, -0.2) is 38.7 Å². The molecule has 0 unspecified atom stereocenters. The number of methoxy groups -OCH3 is 2. The van der Waals surface area contributed by atoms with E-state index in [-0.39, 0.29) is 39.1 Å². The summed E-state index contributed by atoms with van der Waals surface area (Å²) in [5.41, 5.74) is -0.718. The van der Waals surface area contributed by atoms with Gasteiger partial charge in [-0.15, -0.1) is 0 Å². The van der Waals surface area contributed by atoms with Crippen LogP contribution in [0.1, 0.15) is 5.56 Å². The zero-order valence-corrected chi connectivity index (χ0v) is 14.1. The smallest absolute Gasteiger partial charge is 0.467 e. The predicted molar refractivity (Wildman–Crippen MR) is 64.8 cm³/mol. The van der Waals surface area contributed by atoms with E-state index in [0.717, 1.165) is 5.56 Å². The molecule has 0 aromatic heterocycles. The minimum Gasteiger partial charge on any atom is -0.467 e. The van der Waals surface area contributed by atoms with Gasteiger partial charge in [-0.1, -0.05) is 0 Å². The van der Waals surface area contributed by atoms with Crippen molar-refractivity contribution >= 4 is 11.9 Å². The van der Waals surface area contributed by atoms with E-state index < -0.39 is 17.5 Å². The molecule has 5 nitrogen and oxygen atoms in total. The molecule has 0 radical (unpaired) electrons. The van der Waals surface area contributed by atoms with Gasteiger partial charge in [-0.3, -0.25) is 5.32 Å². The molecule has 0 atom stereocenters. The van der Waals surface area contributed by atoms with Crippen LogP contribution in [0.4, 0.5) is 0 Å². The number of benzene rings is 1. The van der Waals surface area contributed by atoms with Gasteiger partial charge < -0.3 is 9.47 Å². The van der Waals surface area contributed by atoms with Crippen LogP contribution in [0.25, 0.3) is 0 Å². The summed E-state index contributed by atoms with van der Waals surface area (Å²) in [7, 11) is 3.98. The van der Waals surface area contributed by atoms with Gasteiger partial charge in [0.05, 0.1) is 14.2 Å². The average molecular weight is 339 g/mol. The van der Waals surface area contributed by atoms with E-state index >= 15 is 0 Å². The van der Waals surface area contributed by atoms with Crippen LogP contribution in [0.3, 0.4) is 0 Å². The zero-order valence-electron chi connectivity index (χ0n) is 11.2. The van der Waals surface area contributed by atoms with Gasteiger partial charge in [-0.25, -0.2) is 9.59 Å². The van der Waals surface area contributed by atoms with E-state index in [4.69, 9.17) is 9.47 Å². The maximum atomic E-state index is 11.9. The van der Waals surface area contributed by atoms with Gasteiger partial charge in [0.2, 0.25) is 5.54 Å². The second kappa shape index (κ2) is 8.41. The van der Waals surface area contributed by atoms with Crippen molar-refractivity contribution in [2.45, 2.75) is 12.0 Å². The van der Waals surface area contributed by atoms with Gasteiger partial charge in [0, 0.05) is 0 Å². The van der Waals surface area contributed by atoms with Gasteiger partial charge in [0.15, 0.2) is 0 Å². The summed E-state index contributed by atoms with van der Waals surface area (Å²) in [5.74, 6) is -1.35. The molecular weight excluding hydrogens is 323 g/mol. The van der Waals surface area contributed by atoms with Gasteiger partial charge >= 0.3 is 44.6 Å². The Kier molecular flexibility index (Phi) is 8.06. The Labute approximate surface area is 137 Å². The number of ether oxygens (including phenoxy) is 2. The Morgan fingerprint density at radius 1 is 1.21 bits per heavy atom. The molecule has 0 heterocycles. The Bertz CT molecular complexity index is 406. The number of esters is 2. The zero-order chi connectivity index (χ0) is 13.6. The first kappa shape index (κ1) is 18.2. The molecular formula is C13H16NO4Y+2. The number of likely N-dealkylation sites (N-methyl/N-ethyl adjacent to an activating group) is 1. The standard InChI is InChI=1S/C13H16NO4.Y/c1-14-13(11(15)17-2,12(16)18-3)9-10-7-5-4-6-8-10;/h5-8,14H,9H2,1-3H3;/q-1;+3. The summed E-state index contributed by atoms with van der Waals surface area (Å²) in [6.07, 6.45) is 0.150. The SMILES string of the molecule is CNC(Cc1cc[c-]cc1)(C(=O)OC)C(=O)OC.[Y+3]. The number of hydrogen-bond donors (Lipinski definition) is 1. The summed E-state index contributed by atoms with van der Waals surface area (Å²) < 4.78 is 9.38. The molecule has 0 amide bonds. The fraction of sp³-hybridized carbons (Fsp3) is 0.385. The molecule has 0 aliphatic rings. The summed E-state index contributed by atoms with van der Waals surface area (Å²) in [6, 6.07) is 9.85. The van der Waals surface area contributed by atoms with Crippen LogP contribution in [-0.2, 0) is 58.2 Å². The first-order valence-corrected chi connectivity index (χ1v) is 5.41. The topological polar surface area (TPSA) is 64.6 Å². The predicted octanol–water partition coefficient (Wildman–Crippen LogP) is 0.331. The van der Waals surface area contributed by atoms with Crippen LogP contribution in [0.5, 0.6) is 0 Å². The molecule has 0 aliphatic carbocycles. The van der Waals surface area contributed by atoms with Crippen molar-refractivity contribution in [3.8, 4) is 0 Å². The fourth-order valence-corrected chi connectivity index (χ4v) is 1.71. The van der Waals surface area contributed by atoms with Crippen LogP contribution in [0.2, 0.25) is 0 Å². The number of rotatable bonds is 5. The molecule has 1 rings (SSSR count). The summed E-state index contributed by atoms with van der Waals surface area (Å²) in [4.78, 5) is 23.8. The summed E-state index contributed by atoms with van der Waals surface area (Å²) >= 11 is 0. The van der Waals surface area contributed by atoms with Crippen LogP contribution in [0.15, 0.2) is 24.3 Å². The maximum Gasteiger partial charge on any atom is 3.00 e. The molecule has 1 aromatic rings. The molecule has 1 aromatic carbocycles. The monoisotopic (exact) mass is 339 g/mol. The third-order valence-corrected chi connectivity index (χ3v) is 2.75. The largest absolute Gasteiger partial charge is 3.00 e. The van der Waals surface area contributed by atoms with Crippen molar-refractivity contribution in [2.75, 3.05) is 21.3 Å². The number of nitrogens with one attached hydrogen (secondary N) is 1. The van der Waals surface area contributed by atoms with Crippen molar-refractivity contribution in [3.05, 3.63) is 35.9 Å². The quantitative estimate of drug-likeness (QED) is 0.476. The normalized spacial score (nSPS) is 10.3. The summed E-state index contributed by atoms with van der Waals surface area (Å²) in [5, 5.41) is 2.71. The molecule has 19 heavy (non-hydrogen) atoms. The minimum absolute atomic E-state index is 0. The number of carbonyl (C=O) groups excluding carboxylic acids is 2. The van der Waals surface area contributed by atoms with E-state index in [9.17, 15) is 9.59 Å². The Hall–Kier alpha value is -0.776. The van der Waals surface area contributed by atoms with E-state index in [1.807, 2.05) is 0 Å². The van der Waals surface area contributed by atoms with Crippen molar-refractivity contribution in [2.24, 2.45) is 0 Å². The van der Waals surface area contributed by atoms with Crippen molar-refractivity contribution in [1.29, 1.82) is 0 Å². The van der Waals surface area contributed by atoms with E-state index in [0.29, 0.717) is 0 Å². The Morgan fingerprint density at radius 2 is 1.68 bits per heavy atom. The second-order valence-corrected chi connectivity index (χ2v) is 3.72. The minimum atomic E-state index is -1.52. The molecule has 98 valence electrons. The molecule has 0 saturated heterocycles. The van der Waals surface area contributed by atoms with E-state index in [1.165, 1.54) is 21.3 Å². The van der Waals surface area contributed by atoms with Gasteiger partial charge in [-0.05, 0) is 13.5 Å². The van der Waals surface area contributed by atoms with Crippen LogP contribution in [0, 0.1) is 6.07 Å². The van der Waals surface area contributed by atoms with Crippen molar-refractivity contribution in [3.63, 3.8) is 0 Å². The average Bonchev–Trinajstić information content (AvgIpc) is 2.44. The third kappa shape index (κ3) is 4.09. The molecule has 0 saturated carbocycles. The van der Waals surface area contributed by atoms with Gasteiger partial charge in [0.25, 0.3) is 0 Å². The van der Waals surface area contributed by atoms with E-state index in [2.05, 4.69) is 11.4 Å². The van der Waals surface area contributed by atoms with Crippen molar-refractivity contribution in [1.82, 2.24) is 5.32 Å². The Morgan fingerprint density at radius 3 is 2.05 bits per heavy atom. The molecule has 0 aliphatic heterocycles. The van der Waals surface area contributed by atoms with Crippen LogP contribution >= 0.6 is 0 Å². The third-order valence-electron chi connectivity index (χ3n) is 2.75. The molecule has 1 N–H and O–H groups in total. The molecule has 0 bridgehead atoms. The molecule has 0 fully saturated rings. The maximum absolute atomic E-state index is 11.9. The van der Waals surface area contributed by atoms with Gasteiger partial charge in [0.1, 0.15) is 0 Å². The molecule has 0 spiro atoms. The molecule has 6 heteroatoms. The second-order valence-electron chi connectivity index (χ2n) is 3.72. The number of hydrogen-bond acceptors (Lipinski definition) is 5. The van der Waals surface area contributed by atoms with Gasteiger partial charge in [-0.2, -0.15) is 35.9 Å². The number of carbonyl (C=O) groups is 2. The van der Waals surface area contributed by atoms with E-state index in [1.54, 1.807) is 24.3 Å². The van der Waals surface area contributed by atoms with Crippen molar-refractivity contribution < 1.29 is 51.8 Å². The first-order valence-electron chi connectivity index (χ1n) is 5.41.